The van der Waals surface area contributed by atoms with Crippen molar-refractivity contribution in [2.75, 3.05) is 13.2 Å². The molecule has 0 fully saturated rings. The Kier molecular flexibility index (Phi) is 24.3. The molecule has 0 aliphatic heterocycles. The second kappa shape index (κ2) is 29.2. The van der Waals surface area contributed by atoms with Crippen LogP contribution in [-0.2, 0) is 61.8 Å². The standard InChI is InChI=1S/C45H64NO10P/c1-3-4-5-6-7-8-9-10-11-12-13-14-24-33-51-42(47)32-25-34-54-57(50,55-37-41-30-22-17-23-31-41)56-38(2)43(44(48)52-35-39-26-18-15-19-27-39)46-45(49)53-36-40-28-20-16-21-29-40/h15-23,26-31,38,43H,3-14,24-25,32-37H2,1-2H3,(H,46,49)/t38-,43+,57?/m1/s1. The Morgan fingerprint density at radius 1 is 0.561 bits per heavy atom. The van der Waals surface area contributed by atoms with Gasteiger partial charge in [-0.1, -0.05) is 175 Å². The van der Waals surface area contributed by atoms with Crippen LogP contribution in [0.1, 0.15) is 127 Å². The number of esters is 2. The highest BCUT2D eigenvalue weighted by atomic mass is 31.2. The summed E-state index contributed by atoms with van der Waals surface area (Å²) in [4.78, 5) is 38.8. The summed E-state index contributed by atoms with van der Waals surface area (Å²) in [7, 11) is -4.38. The molecule has 3 aromatic carbocycles. The zero-order valence-corrected chi connectivity index (χ0v) is 34.9. The lowest BCUT2D eigenvalue weighted by Crippen LogP contribution is -2.49. The molecule has 0 radical (unpaired) electrons. The van der Waals surface area contributed by atoms with E-state index < -0.39 is 32.0 Å². The second-order valence-corrected chi connectivity index (χ2v) is 15.8. The van der Waals surface area contributed by atoms with E-state index in [9.17, 15) is 18.9 Å². The summed E-state index contributed by atoms with van der Waals surface area (Å²) in [6.45, 7) is 3.66. The van der Waals surface area contributed by atoms with Gasteiger partial charge in [0.25, 0.3) is 0 Å². The lowest BCUT2D eigenvalue weighted by Gasteiger charge is -2.27. The van der Waals surface area contributed by atoms with E-state index in [4.69, 9.17) is 27.8 Å². The van der Waals surface area contributed by atoms with Crippen LogP contribution in [0.5, 0.6) is 0 Å². The van der Waals surface area contributed by atoms with Gasteiger partial charge in [-0.2, -0.15) is 0 Å². The Hall–Kier alpha value is -4.02. The smallest absolute Gasteiger partial charge is 0.466 e. The number of unbranched alkanes of at least 4 members (excludes halogenated alkanes) is 12. The fraction of sp³-hybridized carbons (Fsp3) is 0.533. The molecule has 11 nitrogen and oxygen atoms in total. The predicted octanol–water partition coefficient (Wildman–Crippen LogP) is 11.2. The summed E-state index contributed by atoms with van der Waals surface area (Å²) >= 11 is 0. The molecule has 0 aliphatic carbocycles. The number of phosphoric acid groups is 1. The molecule has 1 unspecified atom stereocenters. The first kappa shape index (κ1) is 47.4. The van der Waals surface area contributed by atoms with Gasteiger partial charge in [0.2, 0.25) is 0 Å². The number of amides is 1. The number of rotatable bonds is 31. The minimum atomic E-state index is -4.38. The normalized spacial score (nSPS) is 13.2. The van der Waals surface area contributed by atoms with E-state index in [0.717, 1.165) is 30.4 Å². The van der Waals surface area contributed by atoms with Gasteiger partial charge in [0.1, 0.15) is 13.2 Å². The number of nitrogens with one attached hydrogen (secondary N) is 1. The van der Waals surface area contributed by atoms with Crippen LogP contribution in [0.3, 0.4) is 0 Å². The highest BCUT2D eigenvalue weighted by molar-refractivity contribution is 7.48. The molecule has 1 N–H and O–H groups in total. The van der Waals surface area contributed by atoms with Crippen molar-refractivity contribution < 1.29 is 46.7 Å². The molecule has 0 saturated heterocycles. The number of alkyl carbamates (subject to hydrolysis) is 1. The van der Waals surface area contributed by atoms with Gasteiger partial charge in [-0.3, -0.25) is 18.4 Å². The number of ether oxygens (including phenoxy) is 3. The van der Waals surface area contributed by atoms with Gasteiger partial charge < -0.3 is 19.5 Å². The Morgan fingerprint density at radius 2 is 1.04 bits per heavy atom. The average molecular weight is 810 g/mol. The first-order valence-electron chi connectivity index (χ1n) is 20.7. The lowest BCUT2D eigenvalue weighted by molar-refractivity contribution is -0.150. The largest absolute Gasteiger partial charge is 0.475 e. The number of phosphoric ester groups is 1. The van der Waals surface area contributed by atoms with Crippen molar-refractivity contribution in [1.29, 1.82) is 0 Å². The van der Waals surface area contributed by atoms with E-state index in [1.54, 1.807) is 48.5 Å². The minimum absolute atomic E-state index is 0.0443. The Balaban J connectivity index is 1.48. The van der Waals surface area contributed by atoms with Gasteiger partial charge in [0, 0.05) is 6.42 Å². The number of hydrogen-bond donors (Lipinski definition) is 1. The minimum Gasteiger partial charge on any atom is -0.466 e. The molecule has 3 atom stereocenters. The van der Waals surface area contributed by atoms with Crippen molar-refractivity contribution in [3.05, 3.63) is 108 Å². The van der Waals surface area contributed by atoms with Gasteiger partial charge >= 0.3 is 25.9 Å². The third-order valence-electron chi connectivity index (χ3n) is 9.25. The molecule has 0 saturated carbocycles. The van der Waals surface area contributed by atoms with E-state index >= 15 is 0 Å². The summed E-state index contributed by atoms with van der Waals surface area (Å²) in [5, 5.41) is 2.50. The molecule has 57 heavy (non-hydrogen) atoms. The zero-order chi connectivity index (χ0) is 40.8. The van der Waals surface area contributed by atoms with Crippen molar-refractivity contribution in [2.45, 2.75) is 142 Å². The van der Waals surface area contributed by atoms with E-state index in [1.807, 2.05) is 42.5 Å². The molecular formula is C45H64NO10P. The highest BCUT2D eigenvalue weighted by Gasteiger charge is 2.38. The van der Waals surface area contributed by atoms with Crippen LogP contribution in [0, 0.1) is 0 Å². The Labute approximate surface area is 340 Å². The van der Waals surface area contributed by atoms with Crippen molar-refractivity contribution >= 4 is 25.9 Å². The first-order valence-corrected chi connectivity index (χ1v) is 22.2. The van der Waals surface area contributed by atoms with Crippen LogP contribution in [0.15, 0.2) is 91.0 Å². The zero-order valence-electron chi connectivity index (χ0n) is 34.0. The average Bonchev–Trinajstić information content (AvgIpc) is 3.23. The van der Waals surface area contributed by atoms with E-state index in [0.29, 0.717) is 12.2 Å². The summed E-state index contributed by atoms with van der Waals surface area (Å²) in [5.74, 6) is -1.21. The fourth-order valence-electron chi connectivity index (χ4n) is 5.94. The van der Waals surface area contributed by atoms with Crippen LogP contribution in [0.25, 0.3) is 0 Å². The molecule has 314 valence electrons. The molecule has 3 aromatic rings. The monoisotopic (exact) mass is 809 g/mol. The molecule has 0 bridgehead atoms. The Bertz CT molecular complexity index is 1560. The highest BCUT2D eigenvalue weighted by Crippen LogP contribution is 2.52. The van der Waals surface area contributed by atoms with Crippen LogP contribution in [0.2, 0.25) is 0 Å². The van der Waals surface area contributed by atoms with Crippen molar-refractivity contribution in [1.82, 2.24) is 5.32 Å². The van der Waals surface area contributed by atoms with Crippen molar-refractivity contribution in [3.8, 4) is 0 Å². The maximum absolute atomic E-state index is 14.1. The first-order chi connectivity index (χ1) is 27.8. The molecule has 0 spiro atoms. The third-order valence-corrected chi connectivity index (χ3v) is 10.8. The van der Waals surface area contributed by atoms with Crippen molar-refractivity contribution in [2.24, 2.45) is 0 Å². The van der Waals surface area contributed by atoms with Crippen molar-refractivity contribution in [3.63, 3.8) is 0 Å². The molecule has 3 rings (SSSR count). The summed E-state index contributed by atoms with van der Waals surface area (Å²) in [6, 6.07) is 25.7. The number of carbonyl (C=O) groups excluding carboxylic acids is 3. The number of hydrogen-bond acceptors (Lipinski definition) is 10. The van der Waals surface area contributed by atoms with Gasteiger partial charge in [0.15, 0.2) is 6.04 Å². The molecule has 0 aromatic heterocycles. The molecule has 1 amide bonds. The quantitative estimate of drug-likeness (QED) is 0.0289. The Morgan fingerprint density at radius 3 is 1.56 bits per heavy atom. The maximum Gasteiger partial charge on any atom is 0.475 e. The lowest BCUT2D eigenvalue weighted by atomic mass is 10.0. The topological polar surface area (TPSA) is 136 Å². The SMILES string of the molecule is CCCCCCCCCCCCCCCOC(=O)CCCOP(=O)(OCc1ccccc1)O[C@H](C)[C@H](NC(=O)OCc1ccccc1)C(=O)OCc1ccccc1. The van der Waals surface area contributed by atoms with E-state index in [-0.39, 0.29) is 45.2 Å². The van der Waals surface area contributed by atoms with Gasteiger partial charge in [-0.15, -0.1) is 0 Å². The number of benzene rings is 3. The summed E-state index contributed by atoms with van der Waals surface area (Å²) in [6.07, 6.45) is 14.2. The summed E-state index contributed by atoms with van der Waals surface area (Å²) in [5.41, 5.74) is 2.18. The molecule has 0 aliphatic rings. The van der Waals surface area contributed by atoms with E-state index in [1.165, 1.54) is 71.1 Å². The molecule has 12 heteroatoms. The number of carbonyl (C=O) groups is 3. The molecular weight excluding hydrogens is 745 g/mol. The summed E-state index contributed by atoms with van der Waals surface area (Å²) < 4.78 is 47.6. The van der Waals surface area contributed by atoms with Gasteiger partial charge in [0.05, 0.1) is 25.9 Å². The predicted molar refractivity (Wildman–Crippen MR) is 221 cm³/mol. The van der Waals surface area contributed by atoms with Gasteiger partial charge in [-0.05, 0) is 36.5 Å². The van der Waals surface area contributed by atoms with Crippen LogP contribution < -0.4 is 5.32 Å². The van der Waals surface area contributed by atoms with E-state index in [2.05, 4.69) is 12.2 Å². The van der Waals surface area contributed by atoms with Gasteiger partial charge in [-0.25, -0.2) is 14.2 Å². The van der Waals surface area contributed by atoms with Crippen LogP contribution >= 0.6 is 7.82 Å². The third kappa shape index (κ3) is 21.9. The second-order valence-electron chi connectivity index (χ2n) is 14.2. The van der Waals surface area contributed by atoms with Crippen LogP contribution in [-0.4, -0.2) is 43.4 Å². The fourth-order valence-corrected chi connectivity index (χ4v) is 7.32. The van der Waals surface area contributed by atoms with Crippen LogP contribution in [0.4, 0.5) is 4.79 Å². The molecule has 0 heterocycles. The maximum atomic E-state index is 14.1.